The molecule has 3 unspecified atom stereocenters. The van der Waals surface area contributed by atoms with Crippen molar-refractivity contribution in [2.45, 2.75) is 121 Å². The van der Waals surface area contributed by atoms with Gasteiger partial charge in [0.25, 0.3) is 0 Å². The molecule has 1 amide bonds. The van der Waals surface area contributed by atoms with Crippen LogP contribution in [-0.4, -0.2) is 43.6 Å². The summed E-state index contributed by atoms with van der Waals surface area (Å²) < 4.78 is 30.0. The number of aromatic nitrogens is 3. The second kappa shape index (κ2) is 10.1. The monoisotopic (exact) mass is 513 g/mol. The zero-order valence-corrected chi connectivity index (χ0v) is 22.6. The highest BCUT2D eigenvalue weighted by atomic mass is 19.3. The zero-order chi connectivity index (χ0) is 26.4. The van der Waals surface area contributed by atoms with Gasteiger partial charge in [-0.3, -0.25) is 9.69 Å². The quantitative estimate of drug-likeness (QED) is 0.487. The van der Waals surface area contributed by atoms with Gasteiger partial charge in [0.2, 0.25) is 11.8 Å². The van der Waals surface area contributed by atoms with E-state index in [1.54, 1.807) is 0 Å². The molecule has 1 saturated carbocycles. The fraction of sp³-hybridized carbons (Fsp3) is 0.690. The third-order valence-corrected chi connectivity index (χ3v) is 9.10. The van der Waals surface area contributed by atoms with Crippen molar-refractivity contribution in [3.8, 4) is 0 Å². The second-order valence-corrected chi connectivity index (χ2v) is 11.7. The predicted molar refractivity (Wildman–Crippen MR) is 139 cm³/mol. The van der Waals surface area contributed by atoms with Gasteiger partial charge < -0.3 is 9.88 Å². The third-order valence-electron chi connectivity index (χ3n) is 9.10. The van der Waals surface area contributed by atoms with Crippen molar-refractivity contribution in [1.29, 1.82) is 0 Å². The number of nitrogens with one attached hydrogen (secondary N) is 1. The van der Waals surface area contributed by atoms with E-state index in [1.165, 1.54) is 0 Å². The van der Waals surface area contributed by atoms with Crippen molar-refractivity contribution in [1.82, 2.24) is 25.0 Å². The standard InChI is InChI=1S/C29H41F2N5O/c1-5-29(22-9-7-6-8-10-22,32-27(37)21-13-15-28(30,31)16-14-21)36-23-11-12-24(36)18-25(17-23)35-20(4)33-34-26(35)19(2)3/h6-10,19,21,23-25H,5,11-18H2,1-4H3,(H,32,37)/t23-,24?,25?,29?/m0/s1. The maximum absolute atomic E-state index is 13.8. The minimum Gasteiger partial charge on any atom is -0.334 e. The summed E-state index contributed by atoms with van der Waals surface area (Å²) in [6, 6.07) is 11.2. The average Bonchev–Trinajstić information content (AvgIpc) is 3.39. The molecular formula is C29H41F2N5O. The molecule has 3 aliphatic rings. The lowest BCUT2D eigenvalue weighted by Gasteiger charge is -2.52. The average molecular weight is 514 g/mol. The number of aryl methyl sites for hydroxylation is 1. The Morgan fingerprint density at radius 2 is 1.68 bits per heavy atom. The highest BCUT2D eigenvalue weighted by Crippen LogP contribution is 2.49. The van der Waals surface area contributed by atoms with Crippen LogP contribution in [0.3, 0.4) is 0 Å². The van der Waals surface area contributed by atoms with Gasteiger partial charge in [-0.25, -0.2) is 8.78 Å². The molecule has 4 atom stereocenters. The Kier molecular flexibility index (Phi) is 7.16. The minimum atomic E-state index is -2.64. The van der Waals surface area contributed by atoms with E-state index in [1.807, 2.05) is 25.1 Å². The Labute approximate surface area is 219 Å². The molecule has 1 aromatic carbocycles. The molecule has 0 spiro atoms. The summed E-state index contributed by atoms with van der Waals surface area (Å²) in [5.74, 6) is -0.777. The van der Waals surface area contributed by atoms with Crippen molar-refractivity contribution in [3.63, 3.8) is 0 Å². The van der Waals surface area contributed by atoms with E-state index >= 15 is 0 Å². The number of carbonyl (C=O) groups excluding carboxylic acids is 1. The van der Waals surface area contributed by atoms with Gasteiger partial charge in [-0.15, -0.1) is 10.2 Å². The van der Waals surface area contributed by atoms with Crippen molar-refractivity contribution in [3.05, 3.63) is 47.5 Å². The summed E-state index contributed by atoms with van der Waals surface area (Å²) in [6.45, 7) is 8.51. The first-order valence-corrected chi connectivity index (χ1v) is 14.1. The number of fused-ring (bicyclic) bond motifs is 2. The Balaban J connectivity index is 1.45. The normalized spacial score (nSPS) is 27.8. The summed E-state index contributed by atoms with van der Waals surface area (Å²) in [7, 11) is 0. The Morgan fingerprint density at radius 1 is 1.05 bits per heavy atom. The first-order chi connectivity index (χ1) is 17.6. The smallest absolute Gasteiger partial charge is 0.248 e. The van der Waals surface area contributed by atoms with Crippen molar-refractivity contribution in [2.24, 2.45) is 5.92 Å². The number of benzene rings is 1. The van der Waals surface area contributed by atoms with Crippen molar-refractivity contribution >= 4 is 5.91 Å². The predicted octanol–water partition coefficient (Wildman–Crippen LogP) is 6.08. The van der Waals surface area contributed by atoms with Gasteiger partial charge in [0.15, 0.2) is 0 Å². The van der Waals surface area contributed by atoms with Crippen LogP contribution in [0.1, 0.15) is 108 Å². The summed E-state index contributed by atoms with van der Waals surface area (Å²) in [6.07, 6.45) is 4.92. The first kappa shape index (κ1) is 26.3. The lowest BCUT2D eigenvalue weighted by molar-refractivity contribution is -0.137. The lowest BCUT2D eigenvalue weighted by Crippen LogP contribution is -2.64. The number of alkyl halides is 2. The summed E-state index contributed by atoms with van der Waals surface area (Å²) in [4.78, 5) is 16.2. The number of halogens is 2. The van der Waals surface area contributed by atoms with E-state index < -0.39 is 11.6 Å². The third kappa shape index (κ3) is 4.82. The SMILES string of the molecule is CCC(NC(=O)C1CCC(F)(F)CC1)(c1ccccc1)N1C2CC[C@H]1CC(n1c(C)nnc1C(C)C)C2. The molecule has 3 fully saturated rings. The fourth-order valence-electron chi connectivity index (χ4n) is 7.30. The maximum atomic E-state index is 13.8. The van der Waals surface area contributed by atoms with Gasteiger partial charge in [0.1, 0.15) is 17.3 Å². The van der Waals surface area contributed by atoms with Gasteiger partial charge >= 0.3 is 0 Å². The van der Waals surface area contributed by atoms with E-state index in [0.717, 1.165) is 42.9 Å². The number of hydrogen-bond acceptors (Lipinski definition) is 4. The second-order valence-electron chi connectivity index (χ2n) is 11.7. The molecule has 8 heteroatoms. The van der Waals surface area contributed by atoms with Crippen LogP contribution in [0, 0.1) is 12.8 Å². The number of nitrogens with zero attached hydrogens (tertiary/aromatic N) is 4. The van der Waals surface area contributed by atoms with Crippen LogP contribution in [0.2, 0.25) is 0 Å². The fourth-order valence-corrected chi connectivity index (χ4v) is 7.30. The summed E-state index contributed by atoms with van der Waals surface area (Å²) in [5, 5.41) is 12.4. The van der Waals surface area contributed by atoms with Crippen LogP contribution >= 0.6 is 0 Å². The van der Waals surface area contributed by atoms with E-state index in [-0.39, 0.29) is 37.5 Å². The largest absolute Gasteiger partial charge is 0.334 e. The number of carbonyl (C=O) groups is 1. The molecule has 1 N–H and O–H groups in total. The van der Waals surface area contributed by atoms with E-state index in [2.05, 4.69) is 57.9 Å². The van der Waals surface area contributed by atoms with Crippen LogP contribution < -0.4 is 5.32 Å². The minimum absolute atomic E-state index is 0.0838. The molecule has 2 aromatic rings. The number of piperidine rings is 1. The molecule has 2 saturated heterocycles. The van der Waals surface area contributed by atoms with E-state index in [9.17, 15) is 13.6 Å². The van der Waals surface area contributed by atoms with Gasteiger partial charge in [0, 0.05) is 42.8 Å². The number of rotatable bonds is 7. The van der Waals surface area contributed by atoms with E-state index in [4.69, 9.17) is 0 Å². The highest BCUT2D eigenvalue weighted by Gasteiger charge is 2.53. The number of hydrogen-bond donors (Lipinski definition) is 1. The molecule has 3 heterocycles. The molecule has 37 heavy (non-hydrogen) atoms. The lowest BCUT2D eigenvalue weighted by atomic mass is 9.83. The van der Waals surface area contributed by atoms with Gasteiger partial charge in [0.05, 0.1) is 0 Å². The van der Waals surface area contributed by atoms with Crippen LogP contribution in [0.5, 0.6) is 0 Å². The van der Waals surface area contributed by atoms with Crippen LogP contribution in [0.15, 0.2) is 30.3 Å². The van der Waals surface area contributed by atoms with Crippen LogP contribution in [0.25, 0.3) is 0 Å². The van der Waals surface area contributed by atoms with Crippen LogP contribution in [0.4, 0.5) is 8.78 Å². The summed E-state index contributed by atoms with van der Waals surface area (Å²) in [5.41, 5.74) is 0.420. The molecule has 2 aliphatic heterocycles. The Hall–Kier alpha value is -2.35. The van der Waals surface area contributed by atoms with Gasteiger partial charge in [-0.05, 0) is 57.4 Å². The highest BCUT2D eigenvalue weighted by molar-refractivity contribution is 5.79. The van der Waals surface area contributed by atoms with Gasteiger partial charge in [-0.1, -0.05) is 51.1 Å². The molecule has 0 radical (unpaired) electrons. The molecule has 1 aliphatic carbocycles. The van der Waals surface area contributed by atoms with E-state index in [0.29, 0.717) is 30.5 Å². The van der Waals surface area contributed by atoms with Gasteiger partial charge in [-0.2, -0.15) is 0 Å². The molecular weight excluding hydrogens is 472 g/mol. The van der Waals surface area contributed by atoms with Crippen LogP contribution in [-0.2, 0) is 10.5 Å². The van der Waals surface area contributed by atoms with Crippen molar-refractivity contribution < 1.29 is 13.6 Å². The Morgan fingerprint density at radius 3 is 2.24 bits per heavy atom. The number of amides is 1. The first-order valence-electron chi connectivity index (χ1n) is 14.1. The summed E-state index contributed by atoms with van der Waals surface area (Å²) >= 11 is 0. The molecule has 5 rings (SSSR count). The molecule has 202 valence electrons. The molecule has 6 nitrogen and oxygen atoms in total. The topological polar surface area (TPSA) is 63.1 Å². The van der Waals surface area contributed by atoms with Crippen molar-refractivity contribution in [2.75, 3.05) is 0 Å². The Bertz CT molecular complexity index is 1080. The molecule has 2 bridgehead atoms. The molecule has 1 aromatic heterocycles. The zero-order valence-electron chi connectivity index (χ0n) is 22.6. The maximum Gasteiger partial charge on any atom is 0.248 e.